The van der Waals surface area contributed by atoms with Crippen molar-refractivity contribution in [1.29, 1.82) is 0 Å². The van der Waals surface area contributed by atoms with E-state index >= 15 is 0 Å². The van der Waals surface area contributed by atoms with E-state index in [2.05, 4.69) is 63.7 Å². The molecule has 6 heteroatoms. The number of nitrogens with one attached hydrogen (secondary N) is 2. The zero-order valence-corrected chi connectivity index (χ0v) is 18.1. The highest BCUT2D eigenvalue weighted by Gasteiger charge is 2.48. The number of allylic oxidation sites excluding steroid dienone is 3. The molecule has 3 aliphatic heterocycles. The molecule has 164 valence electrons. The Morgan fingerprint density at radius 2 is 2.10 bits per heavy atom. The molecule has 2 atom stereocenters. The van der Waals surface area contributed by atoms with Crippen molar-refractivity contribution in [1.82, 2.24) is 15.6 Å². The molecule has 0 radical (unpaired) electrons. The highest BCUT2D eigenvalue weighted by atomic mass is 16.3. The van der Waals surface area contributed by atoms with Crippen LogP contribution in [0.2, 0.25) is 0 Å². The molecule has 1 saturated heterocycles. The Bertz CT molecular complexity index is 956. The molecule has 0 amide bonds. The fraction of sp³-hybridized carbons (Fsp3) is 0.480. The highest BCUT2D eigenvalue weighted by Crippen LogP contribution is 2.51. The molecule has 4 aliphatic rings. The second-order valence-corrected chi connectivity index (χ2v) is 9.37. The first-order valence-electron chi connectivity index (χ1n) is 11.4. The van der Waals surface area contributed by atoms with Crippen LogP contribution in [0.1, 0.15) is 42.9 Å². The van der Waals surface area contributed by atoms with Crippen molar-refractivity contribution in [2.45, 2.75) is 43.8 Å². The second kappa shape index (κ2) is 7.93. The number of piperidine rings is 1. The topological polar surface area (TPSA) is 85.9 Å². The maximum absolute atomic E-state index is 9.84. The van der Waals surface area contributed by atoms with Crippen LogP contribution in [0.25, 0.3) is 0 Å². The van der Waals surface area contributed by atoms with Gasteiger partial charge in [-0.3, -0.25) is 4.90 Å². The third-order valence-electron chi connectivity index (χ3n) is 7.81. The number of aliphatic hydroxyl groups is 1. The number of hydrazone groups is 1. The van der Waals surface area contributed by atoms with Gasteiger partial charge in [0.2, 0.25) is 0 Å². The van der Waals surface area contributed by atoms with Gasteiger partial charge in [-0.2, -0.15) is 5.10 Å². The van der Waals surface area contributed by atoms with Crippen molar-refractivity contribution < 1.29 is 5.11 Å². The molecule has 5 N–H and O–H groups in total. The van der Waals surface area contributed by atoms with E-state index in [0.717, 1.165) is 62.2 Å². The average Bonchev–Trinajstić information content (AvgIpc) is 3.43. The predicted octanol–water partition coefficient (Wildman–Crippen LogP) is 2.35. The molecular weight excluding hydrogens is 386 g/mol. The van der Waals surface area contributed by atoms with Crippen LogP contribution in [0.3, 0.4) is 0 Å². The van der Waals surface area contributed by atoms with Crippen molar-refractivity contribution >= 4 is 5.71 Å². The van der Waals surface area contributed by atoms with E-state index in [1.165, 1.54) is 11.1 Å². The number of nitrogens with zero attached hydrogens (tertiary/aromatic N) is 2. The van der Waals surface area contributed by atoms with Gasteiger partial charge in [0, 0.05) is 51.3 Å². The third-order valence-corrected chi connectivity index (χ3v) is 7.81. The Kier molecular flexibility index (Phi) is 5.24. The van der Waals surface area contributed by atoms with Crippen LogP contribution in [0.15, 0.2) is 65.4 Å². The zero-order valence-electron chi connectivity index (χ0n) is 18.1. The Hall–Kier alpha value is -2.41. The number of rotatable bonds is 5. The van der Waals surface area contributed by atoms with Crippen molar-refractivity contribution in [2.24, 2.45) is 16.3 Å². The SMILES string of the molecule is C=C(C1=CN[C@@](CCO)(N2CCC3(CC2)Cc2ccccc2C3N)C=C1)C1=NNCC1. The average molecular weight is 420 g/mol. The Labute approximate surface area is 184 Å². The van der Waals surface area contributed by atoms with E-state index in [-0.39, 0.29) is 23.7 Å². The highest BCUT2D eigenvalue weighted by molar-refractivity contribution is 6.04. The normalized spacial score (nSPS) is 29.2. The summed E-state index contributed by atoms with van der Waals surface area (Å²) in [6.45, 7) is 7.15. The third kappa shape index (κ3) is 3.43. The van der Waals surface area contributed by atoms with Gasteiger partial charge in [-0.25, -0.2) is 0 Å². The number of hydrogen-bond donors (Lipinski definition) is 4. The van der Waals surface area contributed by atoms with Crippen molar-refractivity contribution in [3.63, 3.8) is 0 Å². The van der Waals surface area contributed by atoms with E-state index in [4.69, 9.17) is 5.73 Å². The van der Waals surface area contributed by atoms with Gasteiger partial charge in [0.25, 0.3) is 0 Å². The fourth-order valence-electron chi connectivity index (χ4n) is 5.82. The smallest absolute Gasteiger partial charge is 0.112 e. The molecule has 31 heavy (non-hydrogen) atoms. The van der Waals surface area contributed by atoms with Gasteiger partial charge in [0.05, 0.1) is 5.71 Å². The van der Waals surface area contributed by atoms with Crippen LogP contribution in [-0.4, -0.2) is 47.6 Å². The lowest BCUT2D eigenvalue weighted by molar-refractivity contribution is 0.00978. The summed E-state index contributed by atoms with van der Waals surface area (Å²) in [4.78, 5) is 2.48. The maximum atomic E-state index is 9.84. The van der Waals surface area contributed by atoms with E-state index in [1.54, 1.807) is 0 Å². The van der Waals surface area contributed by atoms with Gasteiger partial charge in [-0.05, 0) is 53.0 Å². The van der Waals surface area contributed by atoms with Crippen LogP contribution >= 0.6 is 0 Å². The first-order chi connectivity index (χ1) is 15.1. The van der Waals surface area contributed by atoms with Crippen molar-refractivity contribution in [3.8, 4) is 0 Å². The Balaban J connectivity index is 1.30. The molecule has 1 spiro atoms. The number of benzene rings is 1. The minimum atomic E-state index is -0.370. The minimum Gasteiger partial charge on any atom is -0.396 e. The molecule has 1 aromatic rings. The molecule has 6 nitrogen and oxygen atoms in total. The number of fused-ring (bicyclic) bond motifs is 1. The van der Waals surface area contributed by atoms with Gasteiger partial charge in [0.1, 0.15) is 5.66 Å². The fourth-order valence-corrected chi connectivity index (χ4v) is 5.82. The van der Waals surface area contributed by atoms with Crippen LogP contribution in [0.4, 0.5) is 0 Å². The van der Waals surface area contributed by atoms with Gasteiger partial charge < -0.3 is 21.6 Å². The molecule has 1 aromatic carbocycles. The lowest BCUT2D eigenvalue weighted by Crippen LogP contribution is -2.61. The number of likely N-dealkylation sites (tertiary alicyclic amines) is 1. The second-order valence-electron chi connectivity index (χ2n) is 9.37. The van der Waals surface area contributed by atoms with Crippen LogP contribution < -0.4 is 16.5 Å². The molecule has 1 aliphatic carbocycles. The molecule has 0 bridgehead atoms. The number of hydrogen-bond acceptors (Lipinski definition) is 6. The van der Waals surface area contributed by atoms with Gasteiger partial charge in [-0.15, -0.1) is 0 Å². The lowest BCUT2D eigenvalue weighted by Gasteiger charge is -2.50. The molecule has 1 fully saturated rings. The number of dihydropyridines is 1. The molecule has 3 heterocycles. The summed E-state index contributed by atoms with van der Waals surface area (Å²) in [5.41, 5.74) is 15.3. The summed E-state index contributed by atoms with van der Waals surface area (Å²) in [6.07, 6.45) is 11.1. The summed E-state index contributed by atoms with van der Waals surface area (Å²) in [5.74, 6) is 0. The summed E-state index contributed by atoms with van der Waals surface area (Å²) < 4.78 is 0. The molecule has 0 saturated carbocycles. The number of aliphatic hydroxyl groups excluding tert-OH is 1. The Morgan fingerprint density at radius 3 is 2.74 bits per heavy atom. The van der Waals surface area contributed by atoms with Gasteiger partial charge in [0.15, 0.2) is 0 Å². The van der Waals surface area contributed by atoms with Crippen LogP contribution in [-0.2, 0) is 6.42 Å². The van der Waals surface area contributed by atoms with Crippen LogP contribution in [0, 0.1) is 5.41 Å². The summed E-state index contributed by atoms with van der Waals surface area (Å²) >= 11 is 0. The van der Waals surface area contributed by atoms with Gasteiger partial charge >= 0.3 is 0 Å². The van der Waals surface area contributed by atoms with E-state index in [9.17, 15) is 5.11 Å². The van der Waals surface area contributed by atoms with Crippen LogP contribution in [0.5, 0.6) is 0 Å². The molecule has 1 unspecified atom stereocenters. The number of nitrogens with two attached hydrogens (primary N) is 1. The predicted molar refractivity (Wildman–Crippen MR) is 124 cm³/mol. The first-order valence-corrected chi connectivity index (χ1v) is 11.4. The zero-order chi connectivity index (χ0) is 21.5. The standard InChI is InChI=1S/C25H33N5O/c1-18(22-7-12-28-29-22)20-6-8-25(11-15-31,27-17-20)30-13-9-24(10-14-30)16-19-4-2-3-5-21(19)23(24)26/h2-6,8,17,23,27-28,31H,1,7,9-16,26H2/t23?,25-/m1/s1. The molecule has 5 rings (SSSR count). The summed E-state index contributed by atoms with van der Waals surface area (Å²) in [7, 11) is 0. The quantitative estimate of drug-likeness (QED) is 0.589. The summed E-state index contributed by atoms with van der Waals surface area (Å²) in [5, 5.41) is 17.8. The Morgan fingerprint density at radius 1 is 1.29 bits per heavy atom. The molecule has 0 aromatic heterocycles. The monoisotopic (exact) mass is 419 g/mol. The lowest BCUT2D eigenvalue weighted by atomic mass is 9.72. The van der Waals surface area contributed by atoms with Gasteiger partial charge in [-0.1, -0.05) is 36.9 Å². The maximum Gasteiger partial charge on any atom is 0.112 e. The van der Waals surface area contributed by atoms with E-state index in [1.807, 2.05) is 6.20 Å². The van der Waals surface area contributed by atoms with Crippen molar-refractivity contribution in [3.05, 3.63) is 71.5 Å². The minimum absolute atomic E-state index is 0.116. The summed E-state index contributed by atoms with van der Waals surface area (Å²) in [6, 6.07) is 8.77. The van der Waals surface area contributed by atoms with E-state index in [0.29, 0.717) is 6.42 Å². The largest absolute Gasteiger partial charge is 0.396 e. The first kappa shape index (κ1) is 20.5. The van der Waals surface area contributed by atoms with E-state index < -0.39 is 0 Å². The van der Waals surface area contributed by atoms with Crippen molar-refractivity contribution in [2.75, 3.05) is 26.2 Å². The molecular formula is C25H33N5O.